The minimum Gasteiger partial charge on any atom is -0.396 e. The normalized spacial score (nSPS) is 11.2. The molecule has 0 saturated carbocycles. The number of aliphatic hydroxyl groups excluding tert-OH is 1. The van der Waals surface area contributed by atoms with Gasteiger partial charge in [0, 0.05) is 17.7 Å². The van der Waals surface area contributed by atoms with Crippen molar-refractivity contribution in [2.45, 2.75) is 10.6 Å². The number of thiophene rings is 2. The number of rotatable bonds is 4. The van der Waals surface area contributed by atoms with Crippen molar-refractivity contribution in [3.63, 3.8) is 0 Å². The largest absolute Gasteiger partial charge is 0.396 e. The van der Waals surface area contributed by atoms with E-state index in [0.29, 0.717) is 6.61 Å². The van der Waals surface area contributed by atoms with Crippen LogP contribution < -0.4 is 0 Å². The number of fused-ring (bicyclic) bond motifs is 1. The summed E-state index contributed by atoms with van der Waals surface area (Å²) in [5, 5.41) is 12.1. The van der Waals surface area contributed by atoms with Gasteiger partial charge in [0.15, 0.2) is 0 Å². The predicted octanol–water partition coefficient (Wildman–Crippen LogP) is 3.44. The van der Waals surface area contributed by atoms with E-state index in [-0.39, 0.29) is 0 Å². The molecule has 0 saturated heterocycles. The fraction of sp³-hybridized carbons (Fsp3) is 0.333. The summed E-state index contributed by atoms with van der Waals surface area (Å²) in [7, 11) is 0. The first-order chi connectivity index (χ1) is 6.40. The first kappa shape index (κ1) is 9.52. The molecule has 0 radical (unpaired) electrons. The summed E-state index contributed by atoms with van der Waals surface area (Å²) < 4.78 is 2.78. The fourth-order valence-corrected chi connectivity index (χ4v) is 4.47. The Labute approximate surface area is 89.4 Å². The molecule has 2 aromatic heterocycles. The predicted molar refractivity (Wildman–Crippen MR) is 62.1 cm³/mol. The maximum Gasteiger partial charge on any atom is 0.0876 e. The lowest BCUT2D eigenvalue weighted by molar-refractivity contribution is 0.296. The summed E-state index contributed by atoms with van der Waals surface area (Å²) in [6.07, 6.45) is 0.885. The average molecular weight is 230 g/mol. The van der Waals surface area contributed by atoms with E-state index in [1.807, 2.05) is 23.1 Å². The summed E-state index contributed by atoms with van der Waals surface area (Å²) >= 11 is 5.50. The molecule has 13 heavy (non-hydrogen) atoms. The Bertz CT molecular complexity index is 348. The van der Waals surface area contributed by atoms with Gasteiger partial charge in [0.05, 0.1) is 8.22 Å². The summed E-state index contributed by atoms with van der Waals surface area (Å²) in [5.74, 6) is 1.02. The van der Waals surface area contributed by atoms with Crippen LogP contribution in [0.5, 0.6) is 0 Å². The highest BCUT2D eigenvalue weighted by Gasteiger charge is 2.02. The number of hydrogen-bond acceptors (Lipinski definition) is 4. The maximum atomic E-state index is 8.64. The minimum atomic E-state index is 0.298. The van der Waals surface area contributed by atoms with E-state index in [1.54, 1.807) is 11.3 Å². The van der Waals surface area contributed by atoms with Gasteiger partial charge in [-0.25, -0.2) is 0 Å². The van der Waals surface area contributed by atoms with E-state index < -0.39 is 0 Å². The second-order valence-electron chi connectivity index (χ2n) is 2.65. The van der Waals surface area contributed by atoms with Crippen molar-refractivity contribution >= 4 is 43.8 Å². The van der Waals surface area contributed by atoms with Crippen LogP contribution in [0.1, 0.15) is 6.42 Å². The Kier molecular flexibility index (Phi) is 3.27. The molecule has 1 nitrogen and oxygen atoms in total. The summed E-state index contributed by atoms with van der Waals surface area (Å²) in [6.45, 7) is 0.298. The highest BCUT2D eigenvalue weighted by Crippen LogP contribution is 2.36. The molecule has 2 aromatic rings. The topological polar surface area (TPSA) is 20.2 Å². The van der Waals surface area contributed by atoms with Crippen LogP contribution in [-0.2, 0) is 0 Å². The summed E-state index contributed by atoms with van der Waals surface area (Å²) in [6, 6.07) is 4.39. The highest BCUT2D eigenvalue weighted by molar-refractivity contribution is 8.01. The van der Waals surface area contributed by atoms with Crippen molar-refractivity contribution in [1.29, 1.82) is 0 Å². The molecule has 70 valence electrons. The lowest BCUT2D eigenvalue weighted by Crippen LogP contribution is -1.83. The van der Waals surface area contributed by atoms with Crippen molar-refractivity contribution < 1.29 is 5.11 Å². The lowest BCUT2D eigenvalue weighted by atomic mass is 10.4. The Morgan fingerprint density at radius 2 is 2.38 bits per heavy atom. The average Bonchev–Trinajstić information content (AvgIpc) is 2.64. The van der Waals surface area contributed by atoms with Crippen LogP contribution in [-0.4, -0.2) is 17.5 Å². The van der Waals surface area contributed by atoms with E-state index in [4.69, 9.17) is 5.11 Å². The van der Waals surface area contributed by atoms with Crippen molar-refractivity contribution in [2.75, 3.05) is 12.4 Å². The zero-order valence-corrected chi connectivity index (χ0v) is 9.47. The van der Waals surface area contributed by atoms with Gasteiger partial charge in [-0.3, -0.25) is 0 Å². The second kappa shape index (κ2) is 4.46. The van der Waals surface area contributed by atoms with Crippen molar-refractivity contribution in [3.8, 4) is 0 Å². The Morgan fingerprint density at radius 1 is 1.46 bits per heavy atom. The molecular weight excluding hydrogens is 220 g/mol. The Hall–Kier alpha value is -0.0300. The Balaban J connectivity index is 2.03. The van der Waals surface area contributed by atoms with Gasteiger partial charge < -0.3 is 5.11 Å². The molecule has 0 aliphatic carbocycles. The van der Waals surface area contributed by atoms with Gasteiger partial charge in [-0.15, -0.1) is 34.4 Å². The molecule has 0 aliphatic heterocycles. The van der Waals surface area contributed by atoms with Gasteiger partial charge in [-0.05, 0) is 23.9 Å². The van der Waals surface area contributed by atoms with E-state index in [0.717, 1.165) is 12.2 Å². The van der Waals surface area contributed by atoms with Crippen molar-refractivity contribution in [3.05, 3.63) is 17.5 Å². The van der Waals surface area contributed by atoms with E-state index in [1.165, 1.54) is 13.6 Å². The SMILES string of the molecule is OCCCSc1cc2ccsc2s1. The number of aliphatic hydroxyl groups is 1. The van der Waals surface area contributed by atoms with Crippen molar-refractivity contribution in [2.24, 2.45) is 0 Å². The summed E-state index contributed by atoms with van der Waals surface area (Å²) in [4.78, 5) is 0. The molecule has 0 fully saturated rings. The van der Waals surface area contributed by atoms with E-state index >= 15 is 0 Å². The van der Waals surface area contributed by atoms with E-state index in [2.05, 4.69) is 17.5 Å². The van der Waals surface area contributed by atoms with Crippen LogP contribution in [0.25, 0.3) is 9.40 Å². The van der Waals surface area contributed by atoms with Crippen LogP contribution in [0, 0.1) is 0 Å². The van der Waals surface area contributed by atoms with Gasteiger partial charge in [0.25, 0.3) is 0 Å². The standard InChI is InChI=1S/C9H10OS3/c10-3-1-4-11-8-6-7-2-5-12-9(7)13-8/h2,5-6,10H,1,3-4H2. The third-order valence-electron chi connectivity index (χ3n) is 1.67. The smallest absolute Gasteiger partial charge is 0.0876 e. The van der Waals surface area contributed by atoms with Gasteiger partial charge in [0.1, 0.15) is 0 Å². The zero-order chi connectivity index (χ0) is 9.10. The molecule has 0 atom stereocenters. The molecule has 0 bridgehead atoms. The lowest BCUT2D eigenvalue weighted by Gasteiger charge is -1.93. The molecular formula is C9H10OS3. The van der Waals surface area contributed by atoms with Crippen molar-refractivity contribution in [1.82, 2.24) is 0 Å². The fourth-order valence-electron chi connectivity index (χ4n) is 1.05. The molecule has 2 heterocycles. The molecule has 2 rings (SSSR count). The van der Waals surface area contributed by atoms with Gasteiger partial charge in [-0.2, -0.15) is 0 Å². The quantitative estimate of drug-likeness (QED) is 0.641. The zero-order valence-electron chi connectivity index (χ0n) is 7.03. The molecule has 0 amide bonds. The molecule has 1 N–H and O–H groups in total. The monoisotopic (exact) mass is 230 g/mol. The van der Waals surface area contributed by atoms with E-state index in [9.17, 15) is 0 Å². The second-order valence-corrected chi connectivity index (χ2v) is 6.28. The molecule has 0 unspecified atom stereocenters. The highest BCUT2D eigenvalue weighted by atomic mass is 32.2. The van der Waals surface area contributed by atoms with Crippen LogP contribution in [0.3, 0.4) is 0 Å². The first-order valence-electron chi connectivity index (χ1n) is 4.11. The molecule has 4 heteroatoms. The van der Waals surface area contributed by atoms with Gasteiger partial charge >= 0.3 is 0 Å². The van der Waals surface area contributed by atoms with Crippen LogP contribution in [0.4, 0.5) is 0 Å². The Morgan fingerprint density at radius 3 is 3.15 bits per heavy atom. The molecule has 0 spiro atoms. The third-order valence-corrected chi connectivity index (χ3v) is 5.17. The maximum absolute atomic E-state index is 8.64. The van der Waals surface area contributed by atoms with Gasteiger partial charge in [0.2, 0.25) is 0 Å². The van der Waals surface area contributed by atoms with Crippen LogP contribution in [0.15, 0.2) is 21.7 Å². The number of thioether (sulfide) groups is 1. The number of hydrogen-bond donors (Lipinski definition) is 1. The molecule has 0 aliphatic rings. The van der Waals surface area contributed by atoms with Gasteiger partial charge in [-0.1, -0.05) is 0 Å². The molecule has 0 aromatic carbocycles. The minimum absolute atomic E-state index is 0.298. The van der Waals surface area contributed by atoms with Crippen LogP contribution >= 0.6 is 34.4 Å². The van der Waals surface area contributed by atoms with Crippen LogP contribution in [0.2, 0.25) is 0 Å². The first-order valence-corrected chi connectivity index (χ1v) is 6.79. The summed E-state index contributed by atoms with van der Waals surface area (Å²) in [5.41, 5.74) is 0. The third kappa shape index (κ3) is 2.26.